The monoisotopic (exact) mass is 260 g/mol. The third-order valence-electron chi connectivity index (χ3n) is 3.01. The van der Waals surface area contributed by atoms with Gasteiger partial charge in [0.1, 0.15) is 11.9 Å². The Balaban J connectivity index is 1.80. The summed E-state index contributed by atoms with van der Waals surface area (Å²) in [7, 11) is 0. The highest BCUT2D eigenvalue weighted by Crippen LogP contribution is 2.28. The lowest BCUT2D eigenvalue weighted by molar-refractivity contribution is 0.207. The number of aromatic amines is 1. The normalized spacial score (nSPS) is 17.2. The molecule has 4 nitrogen and oxygen atoms in total. The molecule has 1 atom stereocenters. The first-order chi connectivity index (χ1) is 8.72. The highest BCUT2D eigenvalue weighted by Gasteiger charge is 2.22. The third kappa shape index (κ3) is 2.09. The number of ether oxygens (including phenoxy) is 1. The van der Waals surface area contributed by atoms with Gasteiger partial charge in [0.2, 0.25) is 0 Å². The van der Waals surface area contributed by atoms with Crippen LogP contribution in [0.5, 0.6) is 5.75 Å². The quantitative estimate of drug-likeness (QED) is 0.839. The molecule has 2 heterocycles. The van der Waals surface area contributed by atoms with E-state index in [1.54, 1.807) is 6.20 Å². The predicted octanol–water partition coefficient (Wildman–Crippen LogP) is 1.91. The summed E-state index contributed by atoms with van der Waals surface area (Å²) in [6, 6.07) is 9.49. The number of benzene rings is 1. The van der Waals surface area contributed by atoms with E-state index in [9.17, 15) is 4.79 Å². The average molecular weight is 260 g/mol. The number of hydrogen-bond acceptors (Lipinski definition) is 3. The second kappa shape index (κ2) is 4.42. The molecule has 0 saturated heterocycles. The third-order valence-corrected chi connectivity index (χ3v) is 3.35. The number of nitrogens with one attached hydrogen (secondary N) is 1. The number of fused-ring (bicyclic) bond motifs is 1. The first-order valence-electron chi connectivity index (χ1n) is 5.77. The summed E-state index contributed by atoms with van der Waals surface area (Å²) >= 11 is 5.11. The first-order valence-corrected chi connectivity index (χ1v) is 6.17. The first kappa shape index (κ1) is 11.2. The zero-order chi connectivity index (χ0) is 12.5. The van der Waals surface area contributed by atoms with E-state index in [4.69, 9.17) is 17.0 Å². The van der Waals surface area contributed by atoms with Gasteiger partial charge in [-0.2, -0.15) is 0 Å². The molecule has 1 unspecified atom stereocenters. The molecular formula is C13H12N2O2S. The van der Waals surface area contributed by atoms with Gasteiger partial charge in [0.15, 0.2) is 4.77 Å². The van der Waals surface area contributed by atoms with E-state index in [0.717, 1.165) is 12.2 Å². The lowest BCUT2D eigenvalue weighted by Crippen LogP contribution is -2.23. The van der Waals surface area contributed by atoms with Crippen molar-refractivity contribution in [3.63, 3.8) is 0 Å². The van der Waals surface area contributed by atoms with Gasteiger partial charge in [-0.1, -0.05) is 18.2 Å². The zero-order valence-electron chi connectivity index (χ0n) is 9.63. The second-order valence-electron chi connectivity index (χ2n) is 4.31. The molecule has 0 saturated carbocycles. The van der Waals surface area contributed by atoms with Crippen LogP contribution in [0.15, 0.2) is 41.3 Å². The van der Waals surface area contributed by atoms with E-state index in [0.29, 0.717) is 11.3 Å². The number of H-pyrrole nitrogens is 1. The van der Waals surface area contributed by atoms with Gasteiger partial charge in [-0.3, -0.25) is 9.78 Å². The number of nitrogens with zero attached hydrogens (tertiary/aromatic N) is 1. The molecule has 1 aromatic carbocycles. The van der Waals surface area contributed by atoms with Crippen LogP contribution in [0, 0.1) is 4.77 Å². The maximum Gasteiger partial charge on any atom is 0.251 e. The molecule has 92 valence electrons. The molecule has 5 heteroatoms. The fourth-order valence-electron chi connectivity index (χ4n) is 2.16. The van der Waals surface area contributed by atoms with Crippen molar-refractivity contribution >= 4 is 12.2 Å². The summed E-state index contributed by atoms with van der Waals surface area (Å²) in [5, 5.41) is 0. The fourth-order valence-corrected chi connectivity index (χ4v) is 2.40. The number of para-hydroxylation sites is 1. The van der Waals surface area contributed by atoms with Gasteiger partial charge in [-0.15, -0.1) is 0 Å². The molecule has 0 amide bonds. The smallest absolute Gasteiger partial charge is 0.251 e. The molecule has 1 aliphatic heterocycles. The van der Waals surface area contributed by atoms with E-state index in [-0.39, 0.29) is 11.7 Å². The van der Waals surface area contributed by atoms with Gasteiger partial charge in [-0.05, 0) is 23.8 Å². The SMILES string of the molecule is O=c1ccn(CC2Cc3ccccc3O2)c(=S)[nH]1. The Bertz CT molecular complexity index is 665. The Kier molecular flexibility index (Phi) is 2.76. The summed E-state index contributed by atoms with van der Waals surface area (Å²) in [6.07, 6.45) is 2.64. The van der Waals surface area contributed by atoms with Gasteiger partial charge < -0.3 is 9.30 Å². The molecule has 2 aromatic rings. The van der Waals surface area contributed by atoms with Crippen LogP contribution in [0.1, 0.15) is 5.56 Å². The molecule has 18 heavy (non-hydrogen) atoms. The van der Waals surface area contributed by atoms with Crippen molar-refractivity contribution in [2.45, 2.75) is 19.1 Å². The molecular weight excluding hydrogens is 248 g/mol. The minimum Gasteiger partial charge on any atom is -0.488 e. The Labute approximate surface area is 109 Å². The van der Waals surface area contributed by atoms with Crippen molar-refractivity contribution in [2.24, 2.45) is 0 Å². The molecule has 0 radical (unpaired) electrons. The number of hydrogen-bond donors (Lipinski definition) is 1. The Morgan fingerprint density at radius 2 is 2.22 bits per heavy atom. The van der Waals surface area contributed by atoms with Gasteiger partial charge >= 0.3 is 0 Å². The number of rotatable bonds is 2. The van der Waals surface area contributed by atoms with Crippen molar-refractivity contribution in [1.29, 1.82) is 0 Å². The van der Waals surface area contributed by atoms with Gasteiger partial charge in [0, 0.05) is 18.7 Å². The highest BCUT2D eigenvalue weighted by atomic mass is 32.1. The van der Waals surface area contributed by atoms with Crippen LogP contribution in [-0.2, 0) is 13.0 Å². The van der Waals surface area contributed by atoms with Crippen LogP contribution >= 0.6 is 12.2 Å². The second-order valence-corrected chi connectivity index (χ2v) is 4.70. The summed E-state index contributed by atoms with van der Waals surface area (Å²) in [4.78, 5) is 13.7. The van der Waals surface area contributed by atoms with Crippen LogP contribution < -0.4 is 10.3 Å². The van der Waals surface area contributed by atoms with Crippen molar-refractivity contribution in [3.05, 3.63) is 57.2 Å². The highest BCUT2D eigenvalue weighted by molar-refractivity contribution is 7.71. The summed E-state index contributed by atoms with van der Waals surface area (Å²) in [6.45, 7) is 0.643. The lowest BCUT2D eigenvalue weighted by atomic mass is 10.1. The molecule has 3 rings (SSSR count). The molecule has 1 aliphatic rings. The van der Waals surface area contributed by atoms with E-state index < -0.39 is 0 Å². The molecule has 0 spiro atoms. The topological polar surface area (TPSA) is 47.0 Å². The molecule has 0 bridgehead atoms. The Hall–Kier alpha value is -1.88. The molecule has 0 aliphatic carbocycles. The maximum absolute atomic E-state index is 11.1. The van der Waals surface area contributed by atoms with Gasteiger partial charge in [0.25, 0.3) is 5.56 Å². The Morgan fingerprint density at radius 1 is 1.39 bits per heavy atom. The fraction of sp³-hybridized carbons (Fsp3) is 0.231. The minimum absolute atomic E-state index is 0.0694. The summed E-state index contributed by atoms with van der Waals surface area (Å²) in [5.41, 5.74) is 1.05. The van der Waals surface area contributed by atoms with Gasteiger partial charge in [0.05, 0.1) is 6.54 Å². The Morgan fingerprint density at radius 3 is 3.00 bits per heavy atom. The van der Waals surface area contributed by atoms with Crippen LogP contribution in [0.25, 0.3) is 0 Å². The minimum atomic E-state index is -0.174. The lowest BCUT2D eigenvalue weighted by Gasteiger charge is -2.12. The summed E-state index contributed by atoms with van der Waals surface area (Å²) < 4.78 is 8.10. The largest absolute Gasteiger partial charge is 0.488 e. The molecule has 1 aromatic heterocycles. The van der Waals surface area contributed by atoms with Crippen LogP contribution in [0.3, 0.4) is 0 Å². The summed E-state index contributed by atoms with van der Waals surface area (Å²) in [5.74, 6) is 0.943. The number of aromatic nitrogens is 2. The maximum atomic E-state index is 11.1. The van der Waals surface area contributed by atoms with Crippen molar-refractivity contribution in [1.82, 2.24) is 9.55 Å². The molecule has 1 N–H and O–H groups in total. The van der Waals surface area contributed by atoms with Crippen molar-refractivity contribution in [3.8, 4) is 5.75 Å². The van der Waals surface area contributed by atoms with Crippen LogP contribution in [0.4, 0.5) is 0 Å². The average Bonchev–Trinajstić information content (AvgIpc) is 2.75. The molecule has 0 fully saturated rings. The van der Waals surface area contributed by atoms with E-state index in [1.807, 2.05) is 22.8 Å². The standard InChI is InChI=1S/C13H12N2O2S/c16-12-5-6-15(13(18)14-12)8-10-7-9-3-1-2-4-11(9)17-10/h1-6,10H,7-8H2,(H,14,16,18). The van der Waals surface area contributed by atoms with Crippen molar-refractivity contribution in [2.75, 3.05) is 0 Å². The van der Waals surface area contributed by atoms with E-state index in [2.05, 4.69) is 11.1 Å². The van der Waals surface area contributed by atoms with Crippen LogP contribution in [-0.4, -0.2) is 15.7 Å². The zero-order valence-corrected chi connectivity index (χ0v) is 10.4. The van der Waals surface area contributed by atoms with Gasteiger partial charge in [-0.25, -0.2) is 0 Å². The van der Waals surface area contributed by atoms with Crippen molar-refractivity contribution < 1.29 is 4.74 Å². The van der Waals surface area contributed by atoms with E-state index >= 15 is 0 Å². The van der Waals surface area contributed by atoms with Crippen LogP contribution in [0.2, 0.25) is 0 Å². The predicted molar refractivity (Wildman–Crippen MR) is 70.4 cm³/mol. The van der Waals surface area contributed by atoms with E-state index in [1.165, 1.54) is 11.6 Å².